The third kappa shape index (κ3) is 3.39. The van der Waals surface area contributed by atoms with Crippen LogP contribution in [0.15, 0.2) is 89.7 Å². The molecule has 0 radical (unpaired) electrons. The zero-order valence-electron chi connectivity index (χ0n) is 17.6. The van der Waals surface area contributed by atoms with E-state index < -0.39 is 0 Å². The van der Waals surface area contributed by atoms with Gasteiger partial charge in [-0.3, -0.25) is 9.69 Å². The number of piperidine rings is 1. The van der Waals surface area contributed by atoms with Crippen LogP contribution in [0, 0.1) is 5.92 Å². The maximum Gasteiger partial charge on any atom is 0.258 e. The molecule has 3 aromatic carbocycles. The van der Waals surface area contributed by atoms with Crippen molar-refractivity contribution >= 4 is 10.8 Å². The summed E-state index contributed by atoms with van der Waals surface area (Å²) in [5.74, 6) is 0.981. The standard InChI is InChI=1S/C28H26N2O/c31-28-26(24-11-10-22-8-4-5-9-23(22)15-24)12-13-27-25-14-21(18-30(27)28)17-29(19-25)16-20-6-2-1-3-7-20/h1-13,15,21,25H,14,16-19H2. The third-order valence-electron chi connectivity index (χ3n) is 6.99. The minimum atomic E-state index is 0.166. The molecule has 154 valence electrons. The fourth-order valence-corrected chi connectivity index (χ4v) is 5.59. The molecule has 0 amide bonds. The van der Waals surface area contributed by atoms with Crippen molar-refractivity contribution in [3.8, 4) is 11.1 Å². The molecule has 0 saturated carbocycles. The highest BCUT2D eigenvalue weighted by Crippen LogP contribution is 2.36. The Morgan fingerprint density at radius 1 is 0.774 bits per heavy atom. The lowest BCUT2D eigenvalue weighted by Crippen LogP contribution is -2.46. The Labute approximate surface area is 182 Å². The summed E-state index contributed by atoms with van der Waals surface area (Å²) in [6, 6.07) is 29.6. The van der Waals surface area contributed by atoms with E-state index in [1.807, 2.05) is 6.07 Å². The van der Waals surface area contributed by atoms with E-state index in [1.165, 1.54) is 28.5 Å². The first-order valence-corrected chi connectivity index (χ1v) is 11.2. The van der Waals surface area contributed by atoms with Crippen LogP contribution in [0.4, 0.5) is 0 Å². The van der Waals surface area contributed by atoms with Gasteiger partial charge in [-0.1, -0.05) is 66.7 Å². The summed E-state index contributed by atoms with van der Waals surface area (Å²) in [4.78, 5) is 16.1. The molecule has 4 aromatic rings. The molecule has 2 aliphatic heterocycles. The van der Waals surface area contributed by atoms with Gasteiger partial charge in [-0.2, -0.15) is 0 Å². The molecule has 3 heteroatoms. The molecule has 6 rings (SSSR count). The SMILES string of the molecule is O=c1c(-c2ccc3ccccc3c2)ccc2n1CC1CC2CN(Cc2ccccc2)C1. The summed E-state index contributed by atoms with van der Waals surface area (Å²) in [6.07, 6.45) is 1.19. The first-order chi connectivity index (χ1) is 15.2. The van der Waals surface area contributed by atoms with Crippen molar-refractivity contribution < 1.29 is 0 Å². The minimum absolute atomic E-state index is 0.166. The second-order valence-corrected chi connectivity index (χ2v) is 9.13. The molecule has 2 atom stereocenters. The maximum absolute atomic E-state index is 13.5. The van der Waals surface area contributed by atoms with Crippen LogP contribution < -0.4 is 5.56 Å². The van der Waals surface area contributed by atoms with Crippen molar-refractivity contribution in [3.63, 3.8) is 0 Å². The lowest BCUT2D eigenvalue weighted by molar-refractivity contribution is 0.114. The van der Waals surface area contributed by atoms with Crippen LogP contribution in [0.1, 0.15) is 23.6 Å². The van der Waals surface area contributed by atoms with E-state index in [4.69, 9.17) is 0 Å². The average molecular weight is 407 g/mol. The molecule has 3 nitrogen and oxygen atoms in total. The van der Waals surface area contributed by atoms with E-state index in [1.54, 1.807) is 0 Å². The Kier molecular flexibility index (Phi) is 4.50. The van der Waals surface area contributed by atoms with Crippen LogP contribution in [-0.4, -0.2) is 22.6 Å². The number of fused-ring (bicyclic) bond motifs is 5. The molecule has 0 spiro atoms. The first-order valence-electron chi connectivity index (χ1n) is 11.2. The van der Waals surface area contributed by atoms with Gasteiger partial charge < -0.3 is 4.57 Å². The number of nitrogens with zero attached hydrogens (tertiary/aromatic N) is 2. The van der Waals surface area contributed by atoms with E-state index in [-0.39, 0.29) is 5.56 Å². The van der Waals surface area contributed by atoms with Crippen molar-refractivity contribution in [2.45, 2.75) is 25.4 Å². The Morgan fingerprint density at radius 2 is 1.58 bits per heavy atom. The van der Waals surface area contributed by atoms with Crippen molar-refractivity contribution in [2.75, 3.05) is 13.1 Å². The maximum atomic E-state index is 13.5. The quantitative estimate of drug-likeness (QED) is 0.462. The smallest absolute Gasteiger partial charge is 0.258 e. The van der Waals surface area contributed by atoms with Crippen LogP contribution >= 0.6 is 0 Å². The van der Waals surface area contributed by atoms with Gasteiger partial charge in [-0.15, -0.1) is 0 Å². The molecule has 1 fully saturated rings. The average Bonchev–Trinajstić information content (AvgIpc) is 2.80. The lowest BCUT2D eigenvalue weighted by atomic mass is 9.82. The number of aromatic nitrogens is 1. The summed E-state index contributed by atoms with van der Waals surface area (Å²) in [5.41, 5.74) is 4.57. The molecular weight excluding hydrogens is 380 g/mol. The zero-order valence-corrected chi connectivity index (χ0v) is 17.6. The third-order valence-corrected chi connectivity index (χ3v) is 6.99. The van der Waals surface area contributed by atoms with Gasteiger partial charge >= 0.3 is 0 Å². The van der Waals surface area contributed by atoms with E-state index in [2.05, 4.69) is 88.3 Å². The number of hydrogen-bond donors (Lipinski definition) is 0. The number of likely N-dealkylation sites (tertiary alicyclic amines) is 1. The normalized spacial score (nSPS) is 20.5. The summed E-state index contributed by atoms with van der Waals surface area (Å²) in [6.45, 7) is 3.92. The summed E-state index contributed by atoms with van der Waals surface area (Å²) >= 11 is 0. The van der Waals surface area contributed by atoms with Gasteiger partial charge in [0.15, 0.2) is 0 Å². The summed E-state index contributed by atoms with van der Waals surface area (Å²) in [5, 5.41) is 2.38. The van der Waals surface area contributed by atoms with Crippen molar-refractivity contribution in [2.24, 2.45) is 5.92 Å². The molecule has 1 aromatic heterocycles. The van der Waals surface area contributed by atoms with Crippen molar-refractivity contribution in [1.29, 1.82) is 0 Å². The van der Waals surface area contributed by atoms with Gasteiger partial charge in [-0.05, 0) is 52.4 Å². The molecule has 2 bridgehead atoms. The van der Waals surface area contributed by atoms with E-state index in [9.17, 15) is 4.79 Å². The van der Waals surface area contributed by atoms with E-state index in [0.29, 0.717) is 11.8 Å². The highest BCUT2D eigenvalue weighted by molar-refractivity contribution is 5.87. The Balaban J connectivity index is 1.32. The molecule has 2 aliphatic rings. The van der Waals surface area contributed by atoms with Gasteiger partial charge in [0.25, 0.3) is 5.56 Å². The lowest BCUT2D eigenvalue weighted by Gasteiger charge is -2.43. The van der Waals surface area contributed by atoms with Crippen LogP contribution in [0.2, 0.25) is 0 Å². The minimum Gasteiger partial charge on any atom is -0.311 e. The monoisotopic (exact) mass is 406 g/mol. The summed E-state index contributed by atoms with van der Waals surface area (Å²) in [7, 11) is 0. The van der Waals surface area contributed by atoms with E-state index in [0.717, 1.165) is 37.3 Å². The van der Waals surface area contributed by atoms with Crippen LogP contribution in [0.3, 0.4) is 0 Å². The predicted octanol–water partition coefficient (Wildman–Crippen LogP) is 5.29. The van der Waals surface area contributed by atoms with Gasteiger partial charge in [-0.25, -0.2) is 0 Å². The fourth-order valence-electron chi connectivity index (χ4n) is 5.59. The van der Waals surface area contributed by atoms with Crippen LogP contribution in [0.25, 0.3) is 21.9 Å². The molecule has 31 heavy (non-hydrogen) atoms. The summed E-state index contributed by atoms with van der Waals surface area (Å²) < 4.78 is 2.07. The number of benzene rings is 3. The Hall–Kier alpha value is -3.17. The van der Waals surface area contributed by atoms with Crippen LogP contribution in [0.5, 0.6) is 0 Å². The first kappa shape index (κ1) is 18.6. The Morgan fingerprint density at radius 3 is 2.45 bits per heavy atom. The fraction of sp³-hybridized carbons (Fsp3) is 0.250. The molecule has 1 saturated heterocycles. The molecule has 0 N–H and O–H groups in total. The van der Waals surface area contributed by atoms with Gasteiger partial charge in [0.1, 0.15) is 0 Å². The van der Waals surface area contributed by atoms with Crippen molar-refractivity contribution in [1.82, 2.24) is 9.47 Å². The molecular formula is C28H26N2O. The highest BCUT2D eigenvalue weighted by Gasteiger charge is 2.34. The molecule has 3 heterocycles. The second kappa shape index (κ2) is 7.51. The Bertz CT molecular complexity index is 1310. The van der Waals surface area contributed by atoms with Gasteiger partial charge in [0, 0.05) is 43.4 Å². The number of pyridine rings is 1. The molecule has 0 aliphatic carbocycles. The highest BCUT2D eigenvalue weighted by atomic mass is 16.1. The topological polar surface area (TPSA) is 25.2 Å². The zero-order chi connectivity index (χ0) is 20.8. The van der Waals surface area contributed by atoms with Crippen molar-refractivity contribution in [3.05, 3.63) is 107 Å². The predicted molar refractivity (Wildman–Crippen MR) is 126 cm³/mol. The largest absolute Gasteiger partial charge is 0.311 e. The van der Waals surface area contributed by atoms with Gasteiger partial charge in [0.05, 0.1) is 0 Å². The number of rotatable bonds is 3. The van der Waals surface area contributed by atoms with Gasteiger partial charge in [0.2, 0.25) is 0 Å². The molecule has 2 unspecified atom stereocenters. The number of hydrogen-bond acceptors (Lipinski definition) is 2. The van der Waals surface area contributed by atoms with E-state index >= 15 is 0 Å². The second-order valence-electron chi connectivity index (χ2n) is 9.13. The van der Waals surface area contributed by atoms with Crippen LogP contribution in [-0.2, 0) is 13.1 Å².